The third kappa shape index (κ3) is 3.41. The van der Waals surface area contributed by atoms with Crippen molar-refractivity contribution in [3.05, 3.63) is 36.0 Å². The van der Waals surface area contributed by atoms with Crippen molar-refractivity contribution in [2.24, 2.45) is 0 Å². The number of carbonyl (C=O) groups excluding carboxylic acids is 2. The molecule has 0 bridgehead atoms. The molecule has 1 aromatic heterocycles. The van der Waals surface area contributed by atoms with E-state index >= 15 is 0 Å². The molecule has 2 aliphatic rings. The maximum absolute atomic E-state index is 12.5. The van der Waals surface area contributed by atoms with Crippen LogP contribution in [0.5, 0.6) is 17.2 Å². The van der Waals surface area contributed by atoms with Crippen LogP contribution in [0.15, 0.2) is 28.9 Å². The van der Waals surface area contributed by atoms with Crippen LogP contribution in [0.25, 0.3) is 0 Å². The van der Waals surface area contributed by atoms with Crippen LogP contribution in [-0.4, -0.2) is 48.1 Å². The van der Waals surface area contributed by atoms with Crippen molar-refractivity contribution in [1.82, 2.24) is 15.2 Å². The summed E-state index contributed by atoms with van der Waals surface area (Å²) < 4.78 is 21.5. The van der Waals surface area contributed by atoms with Crippen molar-refractivity contribution < 1.29 is 28.2 Å². The van der Waals surface area contributed by atoms with Gasteiger partial charge in [0.1, 0.15) is 12.0 Å². The molecule has 0 saturated carbocycles. The van der Waals surface area contributed by atoms with Gasteiger partial charge >= 0.3 is 0 Å². The van der Waals surface area contributed by atoms with Gasteiger partial charge < -0.3 is 28.8 Å². The summed E-state index contributed by atoms with van der Waals surface area (Å²) in [6.45, 7) is 1.34. The van der Waals surface area contributed by atoms with Crippen LogP contribution in [-0.2, 0) is 11.4 Å². The van der Waals surface area contributed by atoms with Crippen LogP contribution in [0.4, 0.5) is 0 Å². The predicted octanol–water partition coefficient (Wildman–Crippen LogP) is 0.944. The lowest BCUT2D eigenvalue weighted by atomic mass is 10.3. The summed E-state index contributed by atoms with van der Waals surface area (Å²) in [7, 11) is 0. The lowest BCUT2D eigenvalue weighted by Gasteiger charge is -2.16. The summed E-state index contributed by atoms with van der Waals surface area (Å²) in [5.74, 6) is 1.62. The molecule has 2 amide bonds. The number of amides is 2. The van der Waals surface area contributed by atoms with Crippen molar-refractivity contribution in [3.8, 4) is 17.2 Å². The molecule has 3 heterocycles. The molecule has 1 N–H and O–H groups in total. The average molecular weight is 359 g/mol. The summed E-state index contributed by atoms with van der Waals surface area (Å²) >= 11 is 0. The molecular formula is C17H17N3O6. The molecule has 0 spiro atoms. The molecule has 0 aliphatic carbocycles. The van der Waals surface area contributed by atoms with E-state index < -0.39 is 0 Å². The molecule has 1 fully saturated rings. The van der Waals surface area contributed by atoms with E-state index in [1.54, 1.807) is 18.2 Å². The van der Waals surface area contributed by atoms with Gasteiger partial charge in [0.2, 0.25) is 18.6 Å². The summed E-state index contributed by atoms with van der Waals surface area (Å²) in [5, 5.41) is 2.73. The molecule has 0 unspecified atom stereocenters. The smallest absolute Gasteiger partial charge is 0.276 e. The molecule has 0 radical (unpaired) electrons. The van der Waals surface area contributed by atoms with Gasteiger partial charge in [-0.15, -0.1) is 0 Å². The zero-order chi connectivity index (χ0) is 17.9. The van der Waals surface area contributed by atoms with Crippen molar-refractivity contribution in [2.45, 2.75) is 13.0 Å². The number of oxazole rings is 1. The summed E-state index contributed by atoms with van der Waals surface area (Å²) in [6, 6.07) is 5.22. The highest BCUT2D eigenvalue weighted by atomic mass is 16.7. The number of fused-ring (bicyclic) bond motifs is 1. The fourth-order valence-corrected chi connectivity index (χ4v) is 2.73. The lowest BCUT2D eigenvalue weighted by molar-refractivity contribution is -0.121. The van der Waals surface area contributed by atoms with Gasteiger partial charge in [-0.05, 0) is 18.6 Å². The van der Waals surface area contributed by atoms with Gasteiger partial charge in [-0.25, -0.2) is 4.98 Å². The van der Waals surface area contributed by atoms with E-state index in [1.807, 2.05) is 0 Å². The molecule has 0 atom stereocenters. The van der Waals surface area contributed by atoms with Crippen molar-refractivity contribution in [3.63, 3.8) is 0 Å². The Morgan fingerprint density at radius 1 is 1.31 bits per heavy atom. The number of carbonyl (C=O) groups is 2. The van der Waals surface area contributed by atoms with Crippen molar-refractivity contribution >= 4 is 11.8 Å². The first-order valence-electron chi connectivity index (χ1n) is 8.22. The second kappa shape index (κ2) is 6.95. The Hall–Kier alpha value is -3.23. The van der Waals surface area contributed by atoms with E-state index in [0.29, 0.717) is 36.8 Å². The summed E-state index contributed by atoms with van der Waals surface area (Å²) in [4.78, 5) is 29.7. The molecule has 26 heavy (non-hydrogen) atoms. The van der Waals surface area contributed by atoms with Gasteiger partial charge in [-0.3, -0.25) is 9.59 Å². The fraction of sp³-hybridized carbons (Fsp3) is 0.353. The van der Waals surface area contributed by atoms with E-state index in [4.69, 9.17) is 18.6 Å². The number of hydrogen-bond donors (Lipinski definition) is 1. The molecule has 2 aromatic rings. The number of rotatable bonds is 4. The van der Waals surface area contributed by atoms with Crippen molar-refractivity contribution in [2.75, 3.05) is 26.4 Å². The van der Waals surface area contributed by atoms with E-state index in [-0.39, 0.29) is 43.3 Å². The SMILES string of the molecule is O=C1CN(C(=O)c2coc(COc3ccc4c(c3)OCO4)n2)CCCN1. The standard InChI is InChI=1S/C17H17N3O6/c21-15-7-20(5-1-4-18-15)17(22)12-8-24-16(19-12)9-23-11-2-3-13-14(6-11)26-10-25-13/h2-3,6,8H,1,4-5,7,9-10H2,(H,18,21). The van der Waals surface area contributed by atoms with Gasteiger partial charge in [0.25, 0.3) is 5.91 Å². The Labute approximate surface area is 148 Å². The minimum atomic E-state index is -0.333. The van der Waals surface area contributed by atoms with Gasteiger partial charge in [-0.2, -0.15) is 0 Å². The summed E-state index contributed by atoms with van der Waals surface area (Å²) in [6.07, 6.45) is 1.99. The van der Waals surface area contributed by atoms with Gasteiger partial charge in [0.05, 0.1) is 6.54 Å². The minimum absolute atomic E-state index is 0.0225. The van der Waals surface area contributed by atoms with Crippen LogP contribution >= 0.6 is 0 Å². The highest BCUT2D eigenvalue weighted by molar-refractivity contribution is 5.94. The predicted molar refractivity (Wildman–Crippen MR) is 86.9 cm³/mol. The quantitative estimate of drug-likeness (QED) is 0.867. The largest absolute Gasteiger partial charge is 0.484 e. The van der Waals surface area contributed by atoms with Gasteiger partial charge in [-0.1, -0.05) is 0 Å². The normalized spacial score (nSPS) is 16.2. The monoisotopic (exact) mass is 359 g/mol. The van der Waals surface area contributed by atoms with Crippen LogP contribution in [0, 0.1) is 0 Å². The number of benzene rings is 1. The Morgan fingerprint density at radius 3 is 3.12 bits per heavy atom. The Morgan fingerprint density at radius 2 is 2.19 bits per heavy atom. The van der Waals surface area contributed by atoms with Crippen LogP contribution in [0.2, 0.25) is 0 Å². The molecular weight excluding hydrogens is 342 g/mol. The van der Waals surface area contributed by atoms with Gasteiger partial charge in [0.15, 0.2) is 23.8 Å². The highest BCUT2D eigenvalue weighted by Gasteiger charge is 2.23. The molecule has 9 nitrogen and oxygen atoms in total. The topological polar surface area (TPSA) is 103 Å². The van der Waals surface area contributed by atoms with Gasteiger partial charge in [0, 0.05) is 19.2 Å². The molecule has 2 aliphatic heterocycles. The van der Waals surface area contributed by atoms with E-state index in [2.05, 4.69) is 10.3 Å². The zero-order valence-electron chi connectivity index (χ0n) is 13.9. The molecule has 4 rings (SSSR count). The number of hydrogen-bond acceptors (Lipinski definition) is 7. The number of aromatic nitrogens is 1. The van der Waals surface area contributed by atoms with Crippen LogP contribution in [0.1, 0.15) is 22.8 Å². The number of ether oxygens (including phenoxy) is 3. The van der Waals surface area contributed by atoms with Crippen LogP contribution < -0.4 is 19.5 Å². The van der Waals surface area contributed by atoms with E-state index in [9.17, 15) is 9.59 Å². The van der Waals surface area contributed by atoms with Crippen LogP contribution in [0.3, 0.4) is 0 Å². The average Bonchev–Trinajstić information content (AvgIpc) is 3.25. The first-order chi connectivity index (χ1) is 12.7. The Balaban J connectivity index is 1.38. The first-order valence-corrected chi connectivity index (χ1v) is 8.22. The maximum Gasteiger partial charge on any atom is 0.276 e. The fourth-order valence-electron chi connectivity index (χ4n) is 2.73. The molecule has 1 saturated heterocycles. The number of nitrogens with one attached hydrogen (secondary N) is 1. The maximum atomic E-state index is 12.5. The Bertz CT molecular complexity index is 834. The lowest BCUT2D eigenvalue weighted by Crippen LogP contribution is -2.37. The molecule has 1 aromatic carbocycles. The van der Waals surface area contributed by atoms with Crippen molar-refractivity contribution in [1.29, 1.82) is 0 Å². The van der Waals surface area contributed by atoms with E-state index in [1.165, 1.54) is 11.2 Å². The first kappa shape index (κ1) is 16.2. The Kier molecular flexibility index (Phi) is 4.34. The zero-order valence-corrected chi connectivity index (χ0v) is 13.9. The molecule has 136 valence electrons. The van der Waals surface area contributed by atoms with E-state index in [0.717, 1.165) is 0 Å². The highest BCUT2D eigenvalue weighted by Crippen LogP contribution is 2.35. The summed E-state index contributed by atoms with van der Waals surface area (Å²) in [5.41, 5.74) is 0.156. The third-order valence-electron chi connectivity index (χ3n) is 4.03. The second-order valence-corrected chi connectivity index (χ2v) is 5.86. The molecule has 9 heteroatoms. The minimum Gasteiger partial charge on any atom is -0.484 e. The number of nitrogens with zero attached hydrogens (tertiary/aromatic N) is 2. The third-order valence-corrected chi connectivity index (χ3v) is 4.03. The second-order valence-electron chi connectivity index (χ2n) is 5.86.